The van der Waals surface area contributed by atoms with Gasteiger partial charge in [0.2, 0.25) is 0 Å². The molecule has 0 saturated heterocycles. The van der Waals surface area contributed by atoms with Gasteiger partial charge in [-0.25, -0.2) is 0 Å². The first kappa shape index (κ1) is 25.5. The Hall–Kier alpha value is -3.72. The number of nitrogens with two attached hydrogens (primary N) is 1. The van der Waals surface area contributed by atoms with Gasteiger partial charge >= 0.3 is 11.9 Å². The molecule has 0 aliphatic rings. The largest absolute Gasteiger partial charge is 0.461 e. The summed E-state index contributed by atoms with van der Waals surface area (Å²) in [5.41, 5.74) is 9.04. The molecule has 0 aromatic heterocycles. The number of hydrogen-bond acceptors (Lipinski definition) is 9. The van der Waals surface area contributed by atoms with Gasteiger partial charge in [0.1, 0.15) is 31.8 Å². The number of ether oxygens (including phenoxy) is 2. The smallest absolute Gasteiger partial charge is 0.323 e. The third-order valence-electron chi connectivity index (χ3n) is 4.56. The Balaban J connectivity index is 1.68. The molecule has 0 bridgehead atoms. The van der Waals surface area contributed by atoms with Gasteiger partial charge in [0.05, 0.1) is 6.42 Å². The average Bonchev–Trinajstić information content (AvgIpc) is 2.83. The van der Waals surface area contributed by atoms with Crippen LogP contribution in [-0.4, -0.2) is 43.6 Å². The summed E-state index contributed by atoms with van der Waals surface area (Å²) in [5, 5.41) is 6.18. The van der Waals surface area contributed by atoms with E-state index < -0.39 is 18.0 Å². The summed E-state index contributed by atoms with van der Waals surface area (Å²) < 4.78 is 10.4. The van der Waals surface area contributed by atoms with Crippen LogP contribution in [0.5, 0.6) is 0 Å². The molecule has 1 atom stereocenters. The van der Waals surface area contributed by atoms with Crippen molar-refractivity contribution in [1.82, 2.24) is 0 Å². The fourth-order valence-electron chi connectivity index (χ4n) is 2.74. The molecule has 2 aromatic rings. The lowest BCUT2D eigenvalue weighted by Gasteiger charge is -2.12. The molecule has 0 saturated carbocycles. The molecule has 4 N–H and O–H groups in total. The zero-order chi connectivity index (χ0) is 23.9. The second-order valence-corrected chi connectivity index (χ2v) is 7.24. The van der Waals surface area contributed by atoms with E-state index in [2.05, 4.69) is 10.6 Å². The molecule has 2 rings (SSSR count). The highest BCUT2D eigenvalue weighted by Crippen LogP contribution is 2.12. The summed E-state index contributed by atoms with van der Waals surface area (Å²) in [7, 11) is 0. The fraction of sp³-hybridized carbons (Fsp3) is 0.333. The fourth-order valence-corrected chi connectivity index (χ4v) is 2.74. The minimum Gasteiger partial charge on any atom is -0.461 e. The van der Waals surface area contributed by atoms with E-state index in [1.54, 1.807) is 24.3 Å². The van der Waals surface area contributed by atoms with Crippen molar-refractivity contribution in [3.63, 3.8) is 0 Å². The average molecular weight is 456 g/mol. The lowest BCUT2D eigenvalue weighted by Crippen LogP contribution is -2.35. The third-order valence-corrected chi connectivity index (χ3v) is 4.56. The number of nitrogens with one attached hydrogen (secondary N) is 2. The van der Waals surface area contributed by atoms with Crippen molar-refractivity contribution >= 4 is 35.9 Å². The first-order valence-corrected chi connectivity index (χ1v) is 10.6. The molecule has 176 valence electrons. The van der Waals surface area contributed by atoms with Crippen molar-refractivity contribution in [1.29, 1.82) is 0 Å². The second kappa shape index (κ2) is 14.4. The number of rotatable bonds is 15. The molecule has 9 nitrogen and oxygen atoms in total. The van der Waals surface area contributed by atoms with E-state index in [0.29, 0.717) is 25.9 Å². The van der Waals surface area contributed by atoms with Crippen molar-refractivity contribution in [2.24, 2.45) is 5.73 Å². The quantitative estimate of drug-likeness (QED) is 0.210. The Labute approximate surface area is 192 Å². The predicted molar refractivity (Wildman–Crippen MR) is 123 cm³/mol. The highest BCUT2D eigenvalue weighted by Gasteiger charge is 2.20. The van der Waals surface area contributed by atoms with Gasteiger partial charge in [-0.3, -0.25) is 9.59 Å². The third kappa shape index (κ3) is 9.96. The van der Waals surface area contributed by atoms with Crippen LogP contribution in [0.25, 0.3) is 0 Å². The van der Waals surface area contributed by atoms with E-state index in [9.17, 15) is 19.2 Å². The van der Waals surface area contributed by atoms with E-state index in [-0.39, 0.29) is 19.6 Å². The van der Waals surface area contributed by atoms with Crippen LogP contribution in [-0.2, 0) is 41.9 Å². The van der Waals surface area contributed by atoms with Crippen LogP contribution in [0.3, 0.4) is 0 Å². The van der Waals surface area contributed by atoms with Crippen molar-refractivity contribution in [2.45, 2.75) is 38.5 Å². The van der Waals surface area contributed by atoms with E-state index >= 15 is 0 Å². The normalized spacial score (nSPS) is 11.2. The van der Waals surface area contributed by atoms with E-state index in [0.717, 1.165) is 35.1 Å². The Morgan fingerprint density at radius 3 is 1.70 bits per heavy atom. The highest BCUT2D eigenvalue weighted by molar-refractivity contribution is 5.82. The number of aldehydes is 2. The topological polar surface area (TPSA) is 137 Å². The zero-order valence-corrected chi connectivity index (χ0v) is 18.3. The lowest BCUT2D eigenvalue weighted by molar-refractivity contribution is -0.153. The zero-order valence-electron chi connectivity index (χ0n) is 18.3. The lowest BCUT2D eigenvalue weighted by atomic mass is 10.2. The van der Waals surface area contributed by atoms with Crippen LogP contribution in [0.1, 0.15) is 30.4 Å². The summed E-state index contributed by atoms with van der Waals surface area (Å²) >= 11 is 0. The van der Waals surface area contributed by atoms with Gasteiger partial charge in [-0.2, -0.15) is 0 Å². The van der Waals surface area contributed by atoms with Crippen LogP contribution < -0.4 is 16.4 Å². The molecule has 0 aliphatic heterocycles. The highest BCUT2D eigenvalue weighted by atomic mass is 16.5. The first-order valence-electron chi connectivity index (χ1n) is 10.6. The number of carbonyl (C=O) groups excluding carboxylic acids is 4. The summed E-state index contributed by atoms with van der Waals surface area (Å²) in [5.74, 6) is -1.29. The molecule has 0 heterocycles. The van der Waals surface area contributed by atoms with Crippen LogP contribution in [0.15, 0.2) is 48.5 Å². The van der Waals surface area contributed by atoms with Crippen LogP contribution in [0.2, 0.25) is 0 Å². The first-order chi connectivity index (χ1) is 16.0. The molecular weight excluding hydrogens is 426 g/mol. The van der Waals surface area contributed by atoms with Gasteiger partial charge in [-0.05, 0) is 35.4 Å². The van der Waals surface area contributed by atoms with Gasteiger partial charge < -0.3 is 35.4 Å². The van der Waals surface area contributed by atoms with Crippen molar-refractivity contribution < 1.29 is 28.7 Å². The summed E-state index contributed by atoms with van der Waals surface area (Å²) in [4.78, 5) is 44.8. The van der Waals surface area contributed by atoms with Crippen LogP contribution in [0.4, 0.5) is 11.4 Å². The molecule has 0 fully saturated rings. The molecule has 0 aliphatic carbocycles. The van der Waals surface area contributed by atoms with E-state index in [1.165, 1.54) is 0 Å². The molecular formula is C24H29N3O6. The monoisotopic (exact) mass is 455 g/mol. The van der Waals surface area contributed by atoms with Crippen LogP contribution >= 0.6 is 0 Å². The molecule has 0 spiro atoms. The second-order valence-electron chi connectivity index (χ2n) is 7.24. The minimum atomic E-state index is -1.12. The van der Waals surface area contributed by atoms with Crippen molar-refractivity contribution in [3.8, 4) is 0 Å². The van der Waals surface area contributed by atoms with E-state index in [4.69, 9.17) is 15.2 Å². The van der Waals surface area contributed by atoms with Gasteiger partial charge in [0, 0.05) is 37.3 Å². The Morgan fingerprint density at radius 1 is 0.788 bits per heavy atom. The maximum Gasteiger partial charge on any atom is 0.323 e. The molecule has 0 radical (unpaired) electrons. The minimum absolute atomic E-state index is 0.0312. The molecule has 0 unspecified atom stereocenters. The molecule has 9 heteroatoms. The predicted octanol–water partition coefficient (Wildman–Crippen LogP) is 2.19. The number of anilines is 2. The Bertz CT molecular complexity index is 899. The number of esters is 2. The Kier molecular flexibility index (Phi) is 11.1. The van der Waals surface area contributed by atoms with Crippen molar-refractivity contribution in [2.75, 3.05) is 23.7 Å². The Morgan fingerprint density at radius 2 is 1.24 bits per heavy atom. The molecule has 0 amide bonds. The standard InChI is InChI=1S/C24H29N3O6/c25-22(24(31)33-17-19-5-9-21(10-6-19)27-12-2-14-29)15-23(30)32-16-18-3-7-20(8-4-18)26-11-1-13-28/h3-10,13-14,22,26-27H,1-2,11-12,15-17,25H2/t22-/m0/s1. The number of carbonyl (C=O) groups is 4. The molecule has 2 aromatic carbocycles. The van der Waals surface area contributed by atoms with Gasteiger partial charge in [-0.1, -0.05) is 24.3 Å². The van der Waals surface area contributed by atoms with Crippen molar-refractivity contribution in [3.05, 3.63) is 59.7 Å². The van der Waals surface area contributed by atoms with Gasteiger partial charge in [-0.15, -0.1) is 0 Å². The van der Waals surface area contributed by atoms with Crippen LogP contribution in [0, 0.1) is 0 Å². The summed E-state index contributed by atoms with van der Waals surface area (Å²) in [6.07, 6.45) is 2.25. The SMILES string of the molecule is N[C@@H](CC(=O)OCc1ccc(NCCC=O)cc1)C(=O)OCc1ccc(NCCC=O)cc1. The van der Waals surface area contributed by atoms with E-state index in [1.807, 2.05) is 24.3 Å². The molecule has 33 heavy (non-hydrogen) atoms. The van der Waals surface area contributed by atoms with Gasteiger partial charge in [0.15, 0.2) is 0 Å². The number of hydrogen-bond donors (Lipinski definition) is 3. The maximum absolute atomic E-state index is 12.1. The summed E-state index contributed by atoms with van der Waals surface area (Å²) in [6, 6.07) is 13.3. The maximum atomic E-state index is 12.1. The van der Waals surface area contributed by atoms with Gasteiger partial charge in [0.25, 0.3) is 0 Å². The summed E-state index contributed by atoms with van der Waals surface area (Å²) in [6.45, 7) is 1.19. The number of benzene rings is 2.